The normalized spacial score (nSPS) is 10.2. The van der Waals surface area contributed by atoms with Crippen molar-refractivity contribution < 1.29 is 4.52 Å². The molecule has 17 heavy (non-hydrogen) atoms. The summed E-state index contributed by atoms with van der Waals surface area (Å²) < 4.78 is 6.25. The highest BCUT2D eigenvalue weighted by atomic mass is 79.9. The highest BCUT2D eigenvalue weighted by Gasteiger charge is 2.16. The molecule has 0 radical (unpaired) electrons. The number of benzene rings is 1. The molecule has 0 spiro atoms. The van der Waals surface area contributed by atoms with Gasteiger partial charge in [-0.15, -0.1) is 0 Å². The van der Waals surface area contributed by atoms with Crippen molar-refractivity contribution in [2.45, 2.75) is 6.92 Å². The van der Waals surface area contributed by atoms with E-state index >= 15 is 0 Å². The largest absolute Gasteiger partial charge is 0.354 e. The number of aliphatic imine (C=N–C) groups is 1. The maximum atomic E-state index is 5.24. The zero-order valence-electron chi connectivity index (χ0n) is 9.40. The van der Waals surface area contributed by atoms with Crippen molar-refractivity contribution in [1.82, 2.24) is 5.16 Å². The number of nitrogens with zero attached hydrogens (tertiary/aromatic N) is 2. The molecule has 0 aliphatic heterocycles. The molecule has 0 unspecified atom stereocenters. The van der Waals surface area contributed by atoms with Crippen LogP contribution in [0.3, 0.4) is 0 Å². The van der Waals surface area contributed by atoms with Crippen LogP contribution < -0.4 is 0 Å². The first-order valence-electron chi connectivity index (χ1n) is 5.01. The summed E-state index contributed by atoms with van der Waals surface area (Å²) in [5, 5.41) is 4.02. The van der Waals surface area contributed by atoms with Gasteiger partial charge in [-0.1, -0.05) is 39.8 Å². The van der Waals surface area contributed by atoms with Gasteiger partial charge in [-0.3, -0.25) is 4.99 Å². The van der Waals surface area contributed by atoms with E-state index in [-0.39, 0.29) is 0 Å². The lowest BCUT2D eigenvalue weighted by Gasteiger charge is -1.98. The maximum Gasteiger partial charge on any atom is 0.188 e. The number of aromatic nitrogens is 1. The van der Waals surface area contributed by atoms with Crippen molar-refractivity contribution in [2.24, 2.45) is 4.99 Å². The topological polar surface area (TPSA) is 38.4 Å². The summed E-state index contributed by atoms with van der Waals surface area (Å²) in [6.07, 6.45) is 0. The van der Waals surface area contributed by atoms with E-state index in [0.29, 0.717) is 17.1 Å². The molecule has 0 fully saturated rings. The van der Waals surface area contributed by atoms with E-state index in [1.165, 1.54) is 0 Å². The standard InChI is InChI=1S/C13H11BrN2O/c1-8(2)13-12(15-3)11(16-17-13)9-4-6-10(14)7-5-9/h4-7H,1,3H2,2H3. The molecule has 0 bridgehead atoms. The first kappa shape index (κ1) is 11.8. The molecule has 3 nitrogen and oxygen atoms in total. The van der Waals surface area contributed by atoms with Gasteiger partial charge in [0.05, 0.1) is 0 Å². The molecule has 0 N–H and O–H groups in total. The molecule has 1 aromatic carbocycles. The van der Waals surface area contributed by atoms with Crippen LogP contribution in [0.2, 0.25) is 0 Å². The van der Waals surface area contributed by atoms with Crippen LogP contribution in [0.15, 0.2) is 44.8 Å². The fourth-order valence-electron chi connectivity index (χ4n) is 1.51. The second kappa shape index (κ2) is 4.67. The van der Waals surface area contributed by atoms with Crippen LogP contribution in [-0.4, -0.2) is 11.9 Å². The van der Waals surface area contributed by atoms with Crippen LogP contribution in [0.4, 0.5) is 5.69 Å². The molecule has 1 aromatic heterocycles. The zero-order valence-corrected chi connectivity index (χ0v) is 11.0. The van der Waals surface area contributed by atoms with Crippen molar-refractivity contribution in [2.75, 3.05) is 0 Å². The summed E-state index contributed by atoms with van der Waals surface area (Å²) in [5.74, 6) is 0.581. The van der Waals surface area contributed by atoms with Crippen molar-refractivity contribution in [1.29, 1.82) is 0 Å². The number of allylic oxidation sites excluding steroid dienone is 1. The number of halogens is 1. The second-order valence-electron chi connectivity index (χ2n) is 3.65. The molecular weight excluding hydrogens is 280 g/mol. The number of rotatable bonds is 3. The lowest BCUT2D eigenvalue weighted by Crippen LogP contribution is -1.78. The van der Waals surface area contributed by atoms with E-state index in [1.807, 2.05) is 31.2 Å². The molecule has 1 heterocycles. The highest BCUT2D eigenvalue weighted by Crippen LogP contribution is 2.35. The SMILES string of the molecule is C=Nc1c(-c2ccc(Br)cc2)noc1C(=C)C. The Hall–Kier alpha value is -1.68. The van der Waals surface area contributed by atoms with Crippen molar-refractivity contribution in [3.05, 3.63) is 41.1 Å². The van der Waals surface area contributed by atoms with Gasteiger partial charge >= 0.3 is 0 Å². The third kappa shape index (κ3) is 2.22. The molecule has 0 saturated carbocycles. The van der Waals surface area contributed by atoms with E-state index in [4.69, 9.17) is 4.52 Å². The van der Waals surface area contributed by atoms with E-state index < -0.39 is 0 Å². The maximum absolute atomic E-state index is 5.24. The summed E-state index contributed by atoms with van der Waals surface area (Å²) in [6, 6.07) is 7.77. The van der Waals surface area contributed by atoms with Gasteiger partial charge in [-0.25, -0.2) is 0 Å². The van der Waals surface area contributed by atoms with Crippen molar-refractivity contribution in [3.8, 4) is 11.3 Å². The first-order valence-corrected chi connectivity index (χ1v) is 5.81. The van der Waals surface area contributed by atoms with Gasteiger partial charge in [0, 0.05) is 10.0 Å². The smallest absolute Gasteiger partial charge is 0.188 e. The molecule has 0 atom stereocenters. The molecule has 0 aliphatic rings. The molecule has 0 aliphatic carbocycles. The van der Waals surface area contributed by atoms with Crippen LogP contribution >= 0.6 is 15.9 Å². The predicted molar refractivity (Wildman–Crippen MR) is 73.6 cm³/mol. The third-order valence-corrected chi connectivity index (χ3v) is 2.86. The Kier molecular flexibility index (Phi) is 3.24. The molecule has 2 rings (SSSR count). The van der Waals surface area contributed by atoms with Gasteiger partial charge in [0.2, 0.25) is 0 Å². The molecule has 0 amide bonds. The van der Waals surface area contributed by atoms with E-state index in [2.05, 4.69) is 39.4 Å². The average molecular weight is 291 g/mol. The lowest BCUT2D eigenvalue weighted by molar-refractivity contribution is 0.413. The van der Waals surface area contributed by atoms with Gasteiger partial charge in [0.25, 0.3) is 0 Å². The molecule has 4 heteroatoms. The molecule has 0 saturated heterocycles. The fourth-order valence-corrected chi connectivity index (χ4v) is 1.77. The Balaban J connectivity index is 2.56. The summed E-state index contributed by atoms with van der Waals surface area (Å²) in [7, 11) is 0. The van der Waals surface area contributed by atoms with E-state index in [9.17, 15) is 0 Å². The molecule has 2 aromatic rings. The van der Waals surface area contributed by atoms with Crippen molar-refractivity contribution >= 4 is 33.9 Å². The second-order valence-corrected chi connectivity index (χ2v) is 4.57. The number of hydrogen-bond acceptors (Lipinski definition) is 3. The summed E-state index contributed by atoms with van der Waals surface area (Å²) in [4.78, 5) is 3.97. The minimum absolute atomic E-state index is 0.581. The van der Waals surface area contributed by atoms with Crippen LogP contribution in [0.1, 0.15) is 12.7 Å². The van der Waals surface area contributed by atoms with Crippen LogP contribution in [0.25, 0.3) is 16.8 Å². The predicted octanol–water partition coefficient (Wildman–Crippen LogP) is 4.47. The van der Waals surface area contributed by atoms with Gasteiger partial charge in [0.15, 0.2) is 5.76 Å². The van der Waals surface area contributed by atoms with Crippen LogP contribution in [0, 0.1) is 0 Å². The minimum atomic E-state index is 0.581. The Morgan fingerprint density at radius 3 is 2.53 bits per heavy atom. The average Bonchev–Trinajstić information content (AvgIpc) is 2.73. The Morgan fingerprint density at radius 1 is 1.35 bits per heavy atom. The van der Waals surface area contributed by atoms with E-state index in [0.717, 1.165) is 15.6 Å². The van der Waals surface area contributed by atoms with Gasteiger partial charge in [-0.05, 0) is 31.3 Å². The lowest BCUT2D eigenvalue weighted by atomic mass is 10.1. The monoisotopic (exact) mass is 290 g/mol. The van der Waals surface area contributed by atoms with Gasteiger partial charge < -0.3 is 4.52 Å². The summed E-state index contributed by atoms with van der Waals surface area (Å²) in [5.41, 5.74) is 3.04. The minimum Gasteiger partial charge on any atom is -0.354 e. The first-order chi connectivity index (χ1) is 8.13. The third-order valence-electron chi connectivity index (χ3n) is 2.33. The van der Waals surface area contributed by atoms with Crippen molar-refractivity contribution in [3.63, 3.8) is 0 Å². The van der Waals surface area contributed by atoms with E-state index in [1.54, 1.807) is 0 Å². The van der Waals surface area contributed by atoms with Crippen LogP contribution in [0.5, 0.6) is 0 Å². The quantitative estimate of drug-likeness (QED) is 0.782. The Labute approximate surface area is 108 Å². The fraction of sp³-hybridized carbons (Fsp3) is 0.0769. The summed E-state index contributed by atoms with van der Waals surface area (Å²) >= 11 is 3.39. The van der Waals surface area contributed by atoms with Gasteiger partial charge in [0.1, 0.15) is 11.4 Å². The van der Waals surface area contributed by atoms with Crippen LogP contribution in [-0.2, 0) is 0 Å². The highest BCUT2D eigenvalue weighted by molar-refractivity contribution is 9.10. The van der Waals surface area contributed by atoms with Gasteiger partial charge in [-0.2, -0.15) is 0 Å². The Morgan fingerprint density at radius 2 is 2.00 bits per heavy atom. The molecular formula is C13H11BrN2O. The zero-order chi connectivity index (χ0) is 12.4. The summed E-state index contributed by atoms with van der Waals surface area (Å²) in [6.45, 7) is 9.22. The molecule has 86 valence electrons. The Bertz CT molecular complexity index is 570. The number of hydrogen-bond donors (Lipinski definition) is 0.